The average Bonchev–Trinajstić information content (AvgIpc) is 3.34. The lowest BCUT2D eigenvalue weighted by atomic mass is 9.93. The summed E-state index contributed by atoms with van der Waals surface area (Å²) in [6, 6.07) is 6.55. The van der Waals surface area contributed by atoms with Crippen LogP contribution in [0.3, 0.4) is 0 Å². The predicted molar refractivity (Wildman–Crippen MR) is 93.0 cm³/mol. The van der Waals surface area contributed by atoms with Crippen LogP contribution < -0.4 is 0 Å². The zero-order valence-electron chi connectivity index (χ0n) is 14.4. The number of nitrogens with one attached hydrogen (secondary N) is 1. The van der Waals surface area contributed by atoms with Crippen LogP contribution in [0.4, 0.5) is 4.39 Å². The van der Waals surface area contributed by atoms with Gasteiger partial charge in [0.15, 0.2) is 0 Å². The average molecular weight is 356 g/mol. The van der Waals surface area contributed by atoms with Gasteiger partial charge in [0.25, 0.3) is 5.91 Å². The van der Waals surface area contributed by atoms with Gasteiger partial charge in [0, 0.05) is 31.7 Å². The Kier molecular flexibility index (Phi) is 4.22. The third-order valence-corrected chi connectivity index (χ3v) is 5.35. The molecule has 0 atom stereocenters. The van der Waals surface area contributed by atoms with E-state index in [4.69, 9.17) is 0 Å². The van der Waals surface area contributed by atoms with Crippen LogP contribution >= 0.6 is 0 Å². The first kappa shape index (κ1) is 16.8. The molecule has 0 unspecified atom stereocenters. The second kappa shape index (κ2) is 6.55. The van der Waals surface area contributed by atoms with Crippen molar-refractivity contribution in [2.75, 3.05) is 26.2 Å². The Hall–Kier alpha value is -2.70. The maximum Gasteiger partial charge on any atom is 0.271 e. The molecule has 0 spiro atoms. The Bertz CT molecular complexity index is 817. The van der Waals surface area contributed by atoms with Gasteiger partial charge >= 0.3 is 0 Å². The van der Waals surface area contributed by atoms with Crippen molar-refractivity contribution >= 4 is 11.8 Å². The van der Waals surface area contributed by atoms with Gasteiger partial charge in [0.1, 0.15) is 11.5 Å². The van der Waals surface area contributed by atoms with Gasteiger partial charge in [0.2, 0.25) is 5.91 Å². The number of nitrogens with zero attached hydrogens (tertiary/aromatic N) is 3. The third-order valence-electron chi connectivity index (χ3n) is 5.35. The van der Waals surface area contributed by atoms with E-state index in [1.54, 1.807) is 28.0 Å². The summed E-state index contributed by atoms with van der Waals surface area (Å²) in [4.78, 5) is 35.8. The molecule has 6 nitrogen and oxygen atoms in total. The molecule has 2 fully saturated rings. The first-order chi connectivity index (χ1) is 12.6. The molecular formula is C19H21FN4O2. The number of carbonyl (C=O) groups is 2. The summed E-state index contributed by atoms with van der Waals surface area (Å²) in [5.74, 6) is -0.435. The number of amides is 2. The highest BCUT2D eigenvalue weighted by Crippen LogP contribution is 2.50. The molecule has 2 amide bonds. The van der Waals surface area contributed by atoms with E-state index in [9.17, 15) is 14.0 Å². The topological polar surface area (TPSA) is 69.3 Å². The lowest BCUT2D eigenvalue weighted by molar-refractivity contribution is -0.133. The van der Waals surface area contributed by atoms with Gasteiger partial charge in [-0.1, -0.05) is 18.2 Å². The summed E-state index contributed by atoms with van der Waals surface area (Å²) in [6.07, 6.45) is 5.05. The monoisotopic (exact) mass is 356 g/mol. The number of benzene rings is 1. The number of imidazole rings is 1. The maximum absolute atomic E-state index is 14.2. The van der Waals surface area contributed by atoms with Gasteiger partial charge in [0.05, 0.1) is 17.9 Å². The maximum atomic E-state index is 14.2. The molecule has 1 saturated heterocycles. The smallest absolute Gasteiger partial charge is 0.271 e. The van der Waals surface area contributed by atoms with Gasteiger partial charge in [-0.15, -0.1) is 0 Å². The number of halogens is 1. The lowest BCUT2D eigenvalue weighted by Gasteiger charge is -2.27. The molecule has 0 bridgehead atoms. The minimum atomic E-state index is -0.714. The van der Waals surface area contributed by atoms with Gasteiger partial charge < -0.3 is 14.8 Å². The van der Waals surface area contributed by atoms with Crippen molar-refractivity contribution in [1.29, 1.82) is 0 Å². The van der Waals surface area contributed by atoms with Crippen LogP contribution in [0.5, 0.6) is 0 Å². The molecule has 1 aromatic carbocycles. The molecule has 1 aromatic heterocycles. The molecule has 1 saturated carbocycles. The second-order valence-electron chi connectivity index (χ2n) is 6.97. The molecule has 1 aliphatic heterocycles. The van der Waals surface area contributed by atoms with Crippen LogP contribution in [0.25, 0.3) is 0 Å². The molecule has 7 heteroatoms. The van der Waals surface area contributed by atoms with E-state index in [0.717, 1.165) is 0 Å². The number of rotatable bonds is 3. The van der Waals surface area contributed by atoms with Gasteiger partial charge in [-0.2, -0.15) is 0 Å². The highest BCUT2D eigenvalue weighted by molar-refractivity contribution is 5.93. The molecule has 1 N–H and O–H groups in total. The van der Waals surface area contributed by atoms with E-state index in [-0.39, 0.29) is 17.6 Å². The second-order valence-corrected chi connectivity index (χ2v) is 6.97. The quantitative estimate of drug-likeness (QED) is 0.914. The molecule has 136 valence electrons. The van der Waals surface area contributed by atoms with E-state index in [0.29, 0.717) is 56.7 Å². The largest absolute Gasteiger partial charge is 0.341 e. The van der Waals surface area contributed by atoms with Gasteiger partial charge in [-0.25, -0.2) is 9.37 Å². The number of carbonyl (C=O) groups excluding carboxylic acids is 2. The van der Waals surface area contributed by atoms with Gasteiger partial charge in [-0.3, -0.25) is 9.59 Å². The SMILES string of the molecule is O=C(c1cnc[nH]1)N1CCCN(C(=O)C2(c3ccccc3F)CC2)CC1. The van der Waals surface area contributed by atoms with Crippen molar-refractivity contribution in [2.24, 2.45) is 0 Å². The number of hydrogen-bond acceptors (Lipinski definition) is 3. The Balaban J connectivity index is 1.47. The minimum Gasteiger partial charge on any atom is -0.341 e. The Morgan fingerprint density at radius 3 is 2.50 bits per heavy atom. The van der Waals surface area contributed by atoms with E-state index in [1.807, 2.05) is 0 Å². The van der Waals surface area contributed by atoms with E-state index in [1.165, 1.54) is 18.6 Å². The van der Waals surface area contributed by atoms with E-state index < -0.39 is 5.41 Å². The van der Waals surface area contributed by atoms with Crippen LogP contribution in [0.2, 0.25) is 0 Å². The molecule has 2 aromatic rings. The normalized spacial score (nSPS) is 19.1. The Morgan fingerprint density at radius 1 is 1.08 bits per heavy atom. The summed E-state index contributed by atoms with van der Waals surface area (Å²) in [7, 11) is 0. The summed E-state index contributed by atoms with van der Waals surface area (Å²) in [6.45, 7) is 2.11. The molecule has 26 heavy (non-hydrogen) atoms. The first-order valence-corrected chi connectivity index (χ1v) is 8.94. The Morgan fingerprint density at radius 2 is 1.81 bits per heavy atom. The van der Waals surface area contributed by atoms with Crippen molar-refractivity contribution in [3.63, 3.8) is 0 Å². The number of aromatic nitrogens is 2. The van der Waals surface area contributed by atoms with E-state index >= 15 is 0 Å². The van der Waals surface area contributed by atoms with Crippen LogP contribution in [-0.2, 0) is 10.2 Å². The third kappa shape index (κ3) is 2.87. The number of H-pyrrole nitrogens is 1. The van der Waals surface area contributed by atoms with Crippen LogP contribution in [0.15, 0.2) is 36.8 Å². The van der Waals surface area contributed by atoms with Gasteiger partial charge in [-0.05, 0) is 25.3 Å². The summed E-state index contributed by atoms with van der Waals surface area (Å²) < 4.78 is 14.2. The van der Waals surface area contributed by atoms with Crippen molar-refractivity contribution in [1.82, 2.24) is 19.8 Å². The summed E-state index contributed by atoms with van der Waals surface area (Å²) in [5, 5.41) is 0. The van der Waals surface area contributed by atoms with Crippen molar-refractivity contribution < 1.29 is 14.0 Å². The standard InChI is InChI=1S/C19H21FN4O2/c20-15-5-2-1-4-14(15)19(6-7-19)18(26)24-9-3-8-23(10-11-24)17(25)16-12-21-13-22-16/h1-2,4-5,12-13H,3,6-11H2,(H,21,22). The fourth-order valence-corrected chi connectivity index (χ4v) is 3.74. The molecule has 1 aliphatic carbocycles. The molecule has 0 radical (unpaired) electrons. The van der Waals surface area contributed by atoms with Crippen molar-refractivity contribution in [2.45, 2.75) is 24.7 Å². The summed E-state index contributed by atoms with van der Waals surface area (Å²) >= 11 is 0. The zero-order chi connectivity index (χ0) is 18.1. The highest BCUT2D eigenvalue weighted by atomic mass is 19.1. The molecule has 2 heterocycles. The summed E-state index contributed by atoms with van der Waals surface area (Å²) in [5.41, 5.74) is 0.239. The molecule has 2 aliphatic rings. The van der Waals surface area contributed by atoms with Crippen LogP contribution in [0, 0.1) is 5.82 Å². The predicted octanol–water partition coefficient (Wildman–Crippen LogP) is 1.96. The van der Waals surface area contributed by atoms with E-state index in [2.05, 4.69) is 9.97 Å². The van der Waals surface area contributed by atoms with Crippen LogP contribution in [-0.4, -0.2) is 57.8 Å². The van der Waals surface area contributed by atoms with Crippen molar-refractivity contribution in [3.8, 4) is 0 Å². The Labute approximate surface area is 151 Å². The van der Waals surface area contributed by atoms with Crippen LogP contribution in [0.1, 0.15) is 35.3 Å². The lowest BCUT2D eigenvalue weighted by Crippen LogP contribution is -2.42. The zero-order valence-corrected chi connectivity index (χ0v) is 14.4. The molecular weight excluding hydrogens is 335 g/mol. The number of aromatic amines is 1. The fourth-order valence-electron chi connectivity index (χ4n) is 3.74. The van der Waals surface area contributed by atoms with Crippen molar-refractivity contribution in [3.05, 3.63) is 53.9 Å². The minimum absolute atomic E-state index is 0.0153. The molecule has 4 rings (SSSR count). The first-order valence-electron chi connectivity index (χ1n) is 8.94. The highest BCUT2D eigenvalue weighted by Gasteiger charge is 2.54. The fraction of sp³-hybridized carbons (Fsp3) is 0.421. The number of hydrogen-bond donors (Lipinski definition) is 1.